The van der Waals surface area contributed by atoms with E-state index in [1.54, 1.807) is 19.1 Å². The van der Waals surface area contributed by atoms with Crippen molar-refractivity contribution in [2.24, 2.45) is 22.7 Å². The van der Waals surface area contributed by atoms with Crippen molar-refractivity contribution in [2.75, 3.05) is 29.7 Å². The first-order valence-corrected chi connectivity index (χ1v) is 18.6. The molecule has 5 atom stereocenters. The van der Waals surface area contributed by atoms with Gasteiger partial charge in [0.1, 0.15) is 5.76 Å². The largest absolute Gasteiger partial charge is 0.447 e. The summed E-state index contributed by atoms with van der Waals surface area (Å²) in [6, 6.07) is 16.9. The Bertz CT molecular complexity index is 1690. The van der Waals surface area contributed by atoms with E-state index >= 15 is 0 Å². The van der Waals surface area contributed by atoms with Crippen LogP contribution >= 0.6 is 23.2 Å². The molecule has 0 radical (unpaired) electrons. The Morgan fingerprint density at radius 2 is 1.55 bits per heavy atom. The van der Waals surface area contributed by atoms with Crippen molar-refractivity contribution in [3.05, 3.63) is 100 Å². The third kappa shape index (κ3) is 6.40. The van der Waals surface area contributed by atoms with Crippen LogP contribution in [0.3, 0.4) is 0 Å². The van der Waals surface area contributed by atoms with E-state index in [2.05, 4.69) is 37.8 Å². The second kappa shape index (κ2) is 14.1. The van der Waals surface area contributed by atoms with E-state index in [0.717, 1.165) is 36.9 Å². The molecule has 2 saturated carbocycles. The fourth-order valence-electron chi connectivity index (χ4n) is 9.49. The molecule has 2 aromatic carbocycles. The highest BCUT2D eigenvalue weighted by atomic mass is 35.5. The van der Waals surface area contributed by atoms with E-state index in [0.29, 0.717) is 54.9 Å². The highest BCUT2D eigenvalue weighted by molar-refractivity contribution is 6.18. The number of hydrogen-bond acceptors (Lipinski definition) is 6. The van der Waals surface area contributed by atoms with Gasteiger partial charge in [0.05, 0.1) is 12.0 Å². The Kier molecular flexibility index (Phi) is 10.2. The number of carbonyl (C=O) groups is 3. The maximum atomic E-state index is 13.5. The number of ether oxygens (including phenoxy) is 2. The molecule has 49 heavy (non-hydrogen) atoms. The first kappa shape index (κ1) is 35.5. The normalized spacial score (nSPS) is 28.8. The predicted molar refractivity (Wildman–Crippen MR) is 195 cm³/mol. The molecular weight excluding hydrogens is 657 g/mol. The Morgan fingerprint density at radius 3 is 2.20 bits per heavy atom. The number of carbonyl (C=O) groups excluding carboxylic acids is 3. The van der Waals surface area contributed by atoms with Crippen LogP contribution in [-0.2, 0) is 25.5 Å². The summed E-state index contributed by atoms with van der Waals surface area (Å²) in [5.41, 5.74) is 4.41. The third-order valence-corrected chi connectivity index (χ3v) is 12.4. The van der Waals surface area contributed by atoms with Crippen molar-refractivity contribution in [2.45, 2.75) is 78.2 Å². The van der Waals surface area contributed by atoms with Gasteiger partial charge in [0.15, 0.2) is 11.4 Å². The van der Waals surface area contributed by atoms with Crippen molar-refractivity contribution in [1.82, 2.24) is 0 Å². The molecule has 6 rings (SSSR count). The van der Waals surface area contributed by atoms with E-state index in [9.17, 15) is 14.4 Å². The Hall–Kier alpha value is -3.35. The fraction of sp³-hybridized carbons (Fsp3) is 0.488. The van der Waals surface area contributed by atoms with Crippen LogP contribution in [0.2, 0.25) is 0 Å². The van der Waals surface area contributed by atoms with Gasteiger partial charge in [-0.15, -0.1) is 23.2 Å². The smallest absolute Gasteiger partial charge is 0.339 e. The zero-order valence-corrected chi connectivity index (χ0v) is 30.5. The van der Waals surface area contributed by atoms with Crippen molar-refractivity contribution >= 4 is 46.6 Å². The minimum atomic E-state index is -1.16. The first-order valence-electron chi connectivity index (χ1n) is 17.5. The SMILES string of the molecule is CC(=O)[C@@]1(OC(=O)c2ccccc2)CC[C@H]2C3=CC(C)=C4C=C(OC(=O)Cc5ccc(N(CCCl)CCCl)cc5)CC[C@]4(C)[C@H]3CC[C@@]21C. The molecule has 6 nitrogen and oxygen atoms in total. The lowest BCUT2D eigenvalue weighted by Gasteiger charge is -2.55. The average molecular weight is 705 g/mol. The molecule has 0 bridgehead atoms. The topological polar surface area (TPSA) is 72.9 Å². The van der Waals surface area contributed by atoms with E-state index in [1.165, 1.54) is 16.7 Å². The Labute approximate surface area is 300 Å². The van der Waals surface area contributed by atoms with Gasteiger partial charge in [-0.3, -0.25) is 9.59 Å². The summed E-state index contributed by atoms with van der Waals surface area (Å²) in [6.07, 6.45) is 9.19. The lowest BCUT2D eigenvalue weighted by atomic mass is 9.49. The predicted octanol–water partition coefficient (Wildman–Crippen LogP) is 9.01. The summed E-state index contributed by atoms with van der Waals surface area (Å²) in [7, 11) is 0. The molecule has 0 spiro atoms. The average Bonchev–Trinajstić information content (AvgIpc) is 3.39. The molecule has 2 fully saturated rings. The number of anilines is 1. The van der Waals surface area contributed by atoms with Crippen molar-refractivity contribution in [3.8, 4) is 0 Å². The van der Waals surface area contributed by atoms with Crippen LogP contribution in [-0.4, -0.2) is 48.2 Å². The van der Waals surface area contributed by atoms with E-state index in [-0.39, 0.29) is 29.5 Å². The molecule has 0 aliphatic heterocycles. The lowest BCUT2D eigenvalue weighted by molar-refractivity contribution is -0.152. The number of halogens is 2. The van der Waals surface area contributed by atoms with Gasteiger partial charge in [-0.05, 0) is 110 Å². The van der Waals surface area contributed by atoms with Crippen molar-refractivity contribution in [1.29, 1.82) is 0 Å². The van der Waals surface area contributed by atoms with E-state index in [1.807, 2.05) is 42.5 Å². The standard InChI is InChI=1S/C41H47Cl2NO5/c1-27-24-33-34(15-18-40(4)35(33)16-19-41(40,28(2)45)49-38(47)30-8-6-5-7-9-30)39(3)17-14-32(26-36(27)39)48-37(46)25-29-10-12-31(13-11-29)44(22-20-42)23-21-43/h5-13,24,26,34-35H,14-23,25H2,1-4H3/t34-,35-,39+,40-,41-/m0/s1. The van der Waals surface area contributed by atoms with Crippen LogP contribution in [0.5, 0.6) is 0 Å². The van der Waals surface area contributed by atoms with Gasteiger partial charge in [0, 0.05) is 42.4 Å². The van der Waals surface area contributed by atoms with Gasteiger partial charge in [-0.1, -0.05) is 55.8 Å². The van der Waals surface area contributed by atoms with Gasteiger partial charge in [0.2, 0.25) is 0 Å². The molecule has 0 heterocycles. The summed E-state index contributed by atoms with van der Waals surface area (Å²) < 4.78 is 12.3. The molecule has 4 aliphatic carbocycles. The zero-order valence-electron chi connectivity index (χ0n) is 29.0. The highest BCUT2D eigenvalue weighted by Crippen LogP contribution is 2.67. The first-order chi connectivity index (χ1) is 23.5. The highest BCUT2D eigenvalue weighted by Gasteiger charge is 2.66. The molecule has 0 aromatic heterocycles. The van der Waals surface area contributed by atoms with Crippen LogP contribution in [0.1, 0.15) is 82.1 Å². The number of benzene rings is 2. The quantitative estimate of drug-likeness (QED) is 0.172. The van der Waals surface area contributed by atoms with Crippen LogP contribution < -0.4 is 4.90 Å². The van der Waals surface area contributed by atoms with E-state index in [4.69, 9.17) is 32.7 Å². The molecule has 0 amide bonds. The van der Waals surface area contributed by atoms with Crippen molar-refractivity contribution < 1.29 is 23.9 Å². The molecule has 0 unspecified atom stereocenters. The molecule has 0 saturated heterocycles. The number of esters is 2. The second-order valence-electron chi connectivity index (χ2n) is 14.7. The number of allylic oxidation sites excluding steroid dienone is 6. The van der Waals surface area contributed by atoms with Gasteiger partial charge >= 0.3 is 11.9 Å². The second-order valence-corrected chi connectivity index (χ2v) is 15.4. The lowest BCUT2D eigenvalue weighted by Crippen LogP contribution is -2.56. The maximum Gasteiger partial charge on any atom is 0.339 e. The van der Waals surface area contributed by atoms with Crippen LogP contribution in [0.25, 0.3) is 0 Å². The molecule has 4 aliphatic rings. The summed E-state index contributed by atoms with van der Waals surface area (Å²) in [4.78, 5) is 42.0. The number of alkyl halides is 2. The summed E-state index contributed by atoms with van der Waals surface area (Å²) >= 11 is 11.9. The van der Waals surface area contributed by atoms with Crippen molar-refractivity contribution in [3.63, 3.8) is 0 Å². The number of ketones is 1. The fourth-order valence-corrected chi connectivity index (χ4v) is 9.90. The number of hydrogen-bond donors (Lipinski definition) is 0. The van der Waals surface area contributed by atoms with Gasteiger partial charge < -0.3 is 14.4 Å². The zero-order chi connectivity index (χ0) is 35.0. The molecule has 8 heteroatoms. The summed E-state index contributed by atoms with van der Waals surface area (Å²) in [5.74, 6) is 1.41. The number of rotatable bonds is 11. The molecule has 2 aromatic rings. The molecular formula is C41H47Cl2NO5. The van der Waals surface area contributed by atoms with Gasteiger partial charge in [0.25, 0.3) is 0 Å². The number of Topliss-reactive ketones (excluding diaryl/α,β-unsaturated/α-hetero) is 1. The summed E-state index contributed by atoms with van der Waals surface area (Å²) in [6.45, 7) is 9.66. The van der Waals surface area contributed by atoms with Crippen LogP contribution in [0.4, 0.5) is 5.69 Å². The van der Waals surface area contributed by atoms with Crippen LogP contribution in [0.15, 0.2) is 89.2 Å². The maximum absolute atomic E-state index is 13.5. The monoisotopic (exact) mass is 703 g/mol. The minimum Gasteiger partial charge on any atom is -0.447 e. The van der Waals surface area contributed by atoms with Crippen LogP contribution in [0, 0.1) is 22.7 Å². The van der Waals surface area contributed by atoms with Gasteiger partial charge in [-0.2, -0.15) is 0 Å². The molecule has 0 N–H and O–H groups in total. The molecule has 260 valence electrons. The summed E-state index contributed by atoms with van der Waals surface area (Å²) in [5, 5.41) is 0. The number of fused-ring (bicyclic) bond motifs is 5. The Balaban J connectivity index is 1.20. The van der Waals surface area contributed by atoms with Gasteiger partial charge in [-0.25, -0.2) is 4.79 Å². The number of nitrogens with zero attached hydrogens (tertiary/aromatic N) is 1. The third-order valence-electron chi connectivity index (χ3n) is 12.1. The van der Waals surface area contributed by atoms with E-state index < -0.39 is 17.0 Å². The Morgan fingerprint density at radius 1 is 0.878 bits per heavy atom. The minimum absolute atomic E-state index is 0.0709.